The molecule has 0 radical (unpaired) electrons. The van der Waals surface area contributed by atoms with Gasteiger partial charge in [-0.2, -0.15) is 0 Å². The minimum Gasteiger partial charge on any atom is -0.372 e. The number of aromatic nitrogens is 2. The van der Waals surface area contributed by atoms with E-state index >= 15 is 0 Å². The number of rotatable bonds is 7. The Labute approximate surface area is 132 Å². The van der Waals surface area contributed by atoms with Crippen LogP contribution in [-0.4, -0.2) is 42.1 Å². The minimum atomic E-state index is 0.193. The van der Waals surface area contributed by atoms with Gasteiger partial charge in [0.25, 0.3) is 0 Å². The summed E-state index contributed by atoms with van der Waals surface area (Å²) in [5, 5.41) is 0. The zero-order valence-electron chi connectivity index (χ0n) is 13.7. The Bertz CT molecular complexity index is 554. The molecule has 1 unspecified atom stereocenters. The van der Waals surface area contributed by atoms with Crippen molar-refractivity contribution in [2.45, 2.75) is 38.2 Å². The number of H-pyrrole nitrogens is 1. The van der Waals surface area contributed by atoms with E-state index in [-0.39, 0.29) is 6.10 Å². The van der Waals surface area contributed by atoms with Gasteiger partial charge in [0.05, 0.1) is 11.0 Å². The number of fused-ring (bicyclic) bond motifs is 1. The molecule has 2 heterocycles. The largest absolute Gasteiger partial charge is 0.372 e. The molecule has 1 saturated carbocycles. The normalized spacial score (nSPS) is 17.6. The molecular formula is C18H27N3O. The summed E-state index contributed by atoms with van der Waals surface area (Å²) in [6.07, 6.45) is 8.35. The number of hydrogen-bond acceptors (Lipinski definition) is 3. The van der Waals surface area contributed by atoms with Crippen molar-refractivity contribution in [2.24, 2.45) is 5.92 Å². The lowest BCUT2D eigenvalue weighted by Crippen LogP contribution is -2.18. The zero-order valence-corrected chi connectivity index (χ0v) is 13.7. The van der Waals surface area contributed by atoms with Crippen LogP contribution < -0.4 is 0 Å². The predicted molar refractivity (Wildman–Crippen MR) is 89.9 cm³/mol. The molecule has 2 aromatic rings. The van der Waals surface area contributed by atoms with E-state index in [1.807, 2.05) is 12.3 Å². The summed E-state index contributed by atoms with van der Waals surface area (Å²) in [6, 6.07) is 6.24. The Hall–Kier alpha value is -1.39. The fraction of sp³-hybridized carbons (Fsp3) is 0.611. The topological polar surface area (TPSA) is 41.1 Å². The van der Waals surface area contributed by atoms with Crippen molar-refractivity contribution in [2.75, 3.05) is 27.2 Å². The van der Waals surface area contributed by atoms with Gasteiger partial charge in [0, 0.05) is 18.5 Å². The van der Waals surface area contributed by atoms with Crippen LogP contribution in [0.5, 0.6) is 0 Å². The van der Waals surface area contributed by atoms with Gasteiger partial charge in [0.2, 0.25) is 0 Å². The van der Waals surface area contributed by atoms with Gasteiger partial charge in [0.15, 0.2) is 0 Å². The first-order valence-corrected chi connectivity index (χ1v) is 8.44. The third-order valence-electron chi connectivity index (χ3n) is 4.59. The molecule has 3 rings (SSSR count). The molecule has 0 bridgehead atoms. The van der Waals surface area contributed by atoms with E-state index < -0.39 is 0 Å². The third kappa shape index (κ3) is 3.68. The quantitative estimate of drug-likeness (QED) is 0.792. The first kappa shape index (κ1) is 15.5. The highest BCUT2D eigenvalue weighted by Crippen LogP contribution is 2.38. The lowest BCUT2D eigenvalue weighted by molar-refractivity contribution is 0.00676. The smallest absolute Gasteiger partial charge is 0.100 e. The van der Waals surface area contributed by atoms with Gasteiger partial charge in [-0.1, -0.05) is 12.8 Å². The van der Waals surface area contributed by atoms with Crippen LogP contribution in [0.25, 0.3) is 11.0 Å². The average molecular weight is 301 g/mol. The van der Waals surface area contributed by atoms with E-state index in [1.54, 1.807) is 0 Å². The molecule has 0 saturated heterocycles. The van der Waals surface area contributed by atoms with Crippen molar-refractivity contribution in [1.82, 2.24) is 14.9 Å². The van der Waals surface area contributed by atoms with Crippen LogP contribution in [0.15, 0.2) is 24.4 Å². The number of nitrogens with zero attached hydrogens (tertiary/aromatic N) is 2. The van der Waals surface area contributed by atoms with E-state index in [1.165, 1.54) is 31.4 Å². The average Bonchev–Trinajstić information content (AvgIpc) is 3.15. The van der Waals surface area contributed by atoms with Crippen LogP contribution in [0.3, 0.4) is 0 Å². The zero-order chi connectivity index (χ0) is 15.4. The molecule has 120 valence electrons. The summed E-state index contributed by atoms with van der Waals surface area (Å²) in [5.41, 5.74) is 3.35. The third-order valence-corrected chi connectivity index (χ3v) is 4.59. The highest BCUT2D eigenvalue weighted by molar-refractivity contribution is 5.75. The summed E-state index contributed by atoms with van der Waals surface area (Å²) >= 11 is 0. The number of aromatic amines is 1. The Balaban J connectivity index is 1.72. The Morgan fingerprint density at radius 2 is 2.18 bits per heavy atom. The molecular weight excluding hydrogens is 274 g/mol. The van der Waals surface area contributed by atoms with Crippen LogP contribution >= 0.6 is 0 Å². The Morgan fingerprint density at radius 3 is 2.91 bits per heavy atom. The molecule has 0 aromatic carbocycles. The first-order chi connectivity index (χ1) is 10.7. The predicted octanol–water partition coefficient (Wildman–Crippen LogP) is 3.76. The van der Waals surface area contributed by atoms with Crippen molar-refractivity contribution >= 4 is 11.0 Å². The second-order valence-electron chi connectivity index (χ2n) is 6.65. The molecule has 0 aliphatic heterocycles. The molecule has 2 aromatic heterocycles. The molecule has 22 heavy (non-hydrogen) atoms. The highest BCUT2D eigenvalue weighted by Gasteiger charge is 2.28. The summed E-state index contributed by atoms with van der Waals surface area (Å²) in [5.74, 6) is 0.646. The fourth-order valence-corrected chi connectivity index (χ4v) is 3.46. The van der Waals surface area contributed by atoms with Gasteiger partial charge < -0.3 is 14.6 Å². The SMILES string of the molecule is CN(C)CCCOC(c1cc2ncccc2[nH]1)C1CCCC1. The lowest BCUT2D eigenvalue weighted by atomic mass is 9.98. The van der Waals surface area contributed by atoms with Gasteiger partial charge >= 0.3 is 0 Å². The van der Waals surface area contributed by atoms with Gasteiger partial charge in [-0.05, 0) is 64.0 Å². The minimum absolute atomic E-state index is 0.193. The summed E-state index contributed by atoms with van der Waals surface area (Å²) in [6.45, 7) is 1.90. The van der Waals surface area contributed by atoms with Gasteiger partial charge in [-0.15, -0.1) is 0 Å². The van der Waals surface area contributed by atoms with Gasteiger partial charge in [-0.3, -0.25) is 4.98 Å². The van der Waals surface area contributed by atoms with Crippen LogP contribution in [0, 0.1) is 5.92 Å². The first-order valence-electron chi connectivity index (χ1n) is 8.44. The van der Waals surface area contributed by atoms with Crippen LogP contribution in [0.2, 0.25) is 0 Å². The maximum Gasteiger partial charge on any atom is 0.100 e. The van der Waals surface area contributed by atoms with E-state index in [0.29, 0.717) is 5.92 Å². The standard InChI is InChI=1S/C18H27N3O/c1-21(2)11-6-12-22-18(14-7-3-4-8-14)17-13-16-15(20-17)9-5-10-19-16/h5,9-10,13-14,18,20H,3-4,6-8,11-12H2,1-2H3. The van der Waals surface area contributed by atoms with Crippen molar-refractivity contribution < 1.29 is 4.74 Å². The monoisotopic (exact) mass is 301 g/mol. The maximum atomic E-state index is 6.31. The van der Waals surface area contributed by atoms with E-state index in [4.69, 9.17) is 4.74 Å². The van der Waals surface area contributed by atoms with Crippen LogP contribution in [-0.2, 0) is 4.74 Å². The molecule has 1 aliphatic carbocycles. The number of ether oxygens (including phenoxy) is 1. The van der Waals surface area contributed by atoms with Crippen molar-refractivity contribution in [3.63, 3.8) is 0 Å². The van der Waals surface area contributed by atoms with E-state index in [9.17, 15) is 0 Å². The highest BCUT2D eigenvalue weighted by atomic mass is 16.5. The van der Waals surface area contributed by atoms with Gasteiger partial charge in [0.1, 0.15) is 6.10 Å². The fourth-order valence-electron chi connectivity index (χ4n) is 3.46. The molecule has 1 atom stereocenters. The molecule has 4 nitrogen and oxygen atoms in total. The molecule has 1 aliphatic rings. The second-order valence-corrected chi connectivity index (χ2v) is 6.65. The van der Waals surface area contributed by atoms with E-state index in [0.717, 1.165) is 30.6 Å². The number of hydrogen-bond donors (Lipinski definition) is 1. The molecule has 1 fully saturated rings. The lowest BCUT2D eigenvalue weighted by Gasteiger charge is -2.23. The molecule has 1 N–H and O–H groups in total. The van der Waals surface area contributed by atoms with Crippen LogP contribution in [0.1, 0.15) is 43.9 Å². The molecule has 0 spiro atoms. The molecule has 0 amide bonds. The van der Waals surface area contributed by atoms with Crippen molar-refractivity contribution in [1.29, 1.82) is 0 Å². The number of nitrogens with one attached hydrogen (secondary N) is 1. The maximum absolute atomic E-state index is 6.31. The summed E-state index contributed by atoms with van der Waals surface area (Å²) in [7, 11) is 4.22. The van der Waals surface area contributed by atoms with Crippen LogP contribution in [0.4, 0.5) is 0 Å². The van der Waals surface area contributed by atoms with Gasteiger partial charge in [-0.25, -0.2) is 0 Å². The van der Waals surface area contributed by atoms with E-state index in [2.05, 4.69) is 41.1 Å². The summed E-state index contributed by atoms with van der Waals surface area (Å²) < 4.78 is 6.31. The van der Waals surface area contributed by atoms with Crippen molar-refractivity contribution in [3.8, 4) is 0 Å². The van der Waals surface area contributed by atoms with Crippen molar-refractivity contribution in [3.05, 3.63) is 30.1 Å². The Kier molecular flexibility index (Phi) is 5.11. The Morgan fingerprint density at radius 1 is 1.36 bits per heavy atom. The summed E-state index contributed by atoms with van der Waals surface area (Å²) in [4.78, 5) is 10.2. The molecule has 4 heteroatoms. The number of pyridine rings is 1. The second kappa shape index (κ2) is 7.25.